The van der Waals surface area contributed by atoms with Crippen LogP contribution in [0.15, 0.2) is 71.3 Å². The largest absolute Gasteiger partial charge is 0.338 e. The molecule has 5 heteroatoms. The molecule has 0 radical (unpaired) electrons. The number of hydrogen-bond donors (Lipinski definition) is 0. The fourth-order valence-electron chi connectivity index (χ4n) is 3.11. The number of rotatable bonds is 4. The zero-order chi connectivity index (χ0) is 17.8. The van der Waals surface area contributed by atoms with Crippen molar-refractivity contribution in [2.24, 2.45) is 0 Å². The van der Waals surface area contributed by atoms with Crippen LogP contribution in [0.4, 0.5) is 0 Å². The van der Waals surface area contributed by atoms with E-state index in [1.165, 1.54) is 0 Å². The van der Waals surface area contributed by atoms with Crippen molar-refractivity contribution in [2.45, 2.75) is 12.3 Å². The van der Waals surface area contributed by atoms with Gasteiger partial charge in [0.15, 0.2) is 5.82 Å². The number of amides is 1. The van der Waals surface area contributed by atoms with E-state index in [0.29, 0.717) is 24.8 Å². The van der Waals surface area contributed by atoms with Crippen LogP contribution >= 0.6 is 0 Å². The molecule has 0 bridgehead atoms. The Morgan fingerprint density at radius 2 is 1.81 bits per heavy atom. The first-order valence-electron chi connectivity index (χ1n) is 8.70. The predicted octanol–water partition coefficient (Wildman–Crippen LogP) is 3.77. The van der Waals surface area contributed by atoms with Crippen molar-refractivity contribution in [1.29, 1.82) is 0 Å². The Bertz CT molecular complexity index is 903. The van der Waals surface area contributed by atoms with Crippen LogP contribution in [0.3, 0.4) is 0 Å². The topological polar surface area (TPSA) is 59.2 Å². The van der Waals surface area contributed by atoms with Gasteiger partial charge in [-0.05, 0) is 30.2 Å². The van der Waals surface area contributed by atoms with E-state index in [2.05, 4.69) is 10.1 Å². The Labute approximate surface area is 152 Å². The van der Waals surface area contributed by atoms with E-state index in [0.717, 1.165) is 17.5 Å². The van der Waals surface area contributed by atoms with Crippen LogP contribution in [0.1, 0.15) is 23.7 Å². The predicted molar refractivity (Wildman–Crippen MR) is 99.1 cm³/mol. The number of nitrogens with zero attached hydrogens (tertiary/aromatic N) is 3. The Morgan fingerprint density at radius 1 is 1.08 bits per heavy atom. The third-order valence-electron chi connectivity index (χ3n) is 4.55. The van der Waals surface area contributed by atoms with E-state index in [9.17, 15) is 4.79 Å². The molecule has 0 aliphatic carbocycles. The van der Waals surface area contributed by atoms with Gasteiger partial charge in [-0.15, -0.1) is 0 Å². The summed E-state index contributed by atoms with van der Waals surface area (Å²) in [5.74, 6) is 1.33. The molecule has 2 aromatic carbocycles. The Hall–Kier alpha value is -3.21. The van der Waals surface area contributed by atoms with Gasteiger partial charge in [-0.1, -0.05) is 53.7 Å². The van der Waals surface area contributed by atoms with Crippen LogP contribution in [0.25, 0.3) is 17.5 Å². The molecule has 1 aliphatic rings. The number of likely N-dealkylation sites (tertiary alicyclic amines) is 1. The molecular formula is C21H19N3O2. The Morgan fingerprint density at radius 3 is 2.58 bits per heavy atom. The third-order valence-corrected chi connectivity index (χ3v) is 4.55. The molecule has 1 aliphatic heterocycles. The summed E-state index contributed by atoms with van der Waals surface area (Å²) in [5, 5.41) is 4.12. The molecular weight excluding hydrogens is 326 g/mol. The lowest BCUT2D eigenvalue weighted by Gasteiger charge is -2.13. The molecule has 4 rings (SSSR count). The van der Waals surface area contributed by atoms with Crippen molar-refractivity contribution < 1.29 is 9.32 Å². The van der Waals surface area contributed by atoms with Crippen molar-refractivity contribution in [2.75, 3.05) is 13.1 Å². The quantitative estimate of drug-likeness (QED) is 0.676. The highest BCUT2D eigenvalue weighted by molar-refractivity contribution is 5.92. The summed E-state index contributed by atoms with van der Waals surface area (Å²) in [6.45, 7) is 1.32. The molecule has 5 nitrogen and oxygen atoms in total. The summed E-state index contributed by atoms with van der Waals surface area (Å²) < 4.78 is 5.39. The van der Waals surface area contributed by atoms with Gasteiger partial charge in [-0.3, -0.25) is 4.79 Å². The van der Waals surface area contributed by atoms with E-state index >= 15 is 0 Å². The van der Waals surface area contributed by atoms with Crippen molar-refractivity contribution in [3.8, 4) is 11.5 Å². The molecule has 1 atom stereocenters. The van der Waals surface area contributed by atoms with Gasteiger partial charge < -0.3 is 9.42 Å². The monoisotopic (exact) mass is 345 g/mol. The fourth-order valence-corrected chi connectivity index (χ4v) is 3.11. The van der Waals surface area contributed by atoms with Crippen molar-refractivity contribution in [3.63, 3.8) is 0 Å². The van der Waals surface area contributed by atoms with Crippen LogP contribution in [0.2, 0.25) is 0 Å². The molecule has 1 aromatic heterocycles. The molecule has 1 amide bonds. The Balaban J connectivity index is 1.40. The van der Waals surface area contributed by atoms with Gasteiger partial charge in [-0.2, -0.15) is 4.98 Å². The summed E-state index contributed by atoms with van der Waals surface area (Å²) in [5.41, 5.74) is 1.92. The molecule has 0 spiro atoms. The van der Waals surface area contributed by atoms with Crippen LogP contribution in [0.5, 0.6) is 0 Å². The van der Waals surface area contributed by atoms with Crippen molar-refractivity contribution >= 4 is 12.0 Å². The van der Waals surface area contributed by atoms with Gasteiger partial charge in [0.05, 0.1) is 0 Å². The zero-order valence-electron chi connectivity index (χ0n) is 14.3. The maximum absolute atomic E-state index is 12.4. The highest BCUT2D eigenvalue weighted by Crippen LogP contribution is 2.27. The lowest BCUT2D eigenvalue weighted by molar-refractivity contribution is -0.124. The van der Waals surface area contributed by atoms with E-state index in [1.807, 2.05) is 71.6 Å². The van der Waals surface area contributed by atoms with Gasteiger partial charge in [-0.25, -0.2) is 0 Å². The zero-order valence-corrected chi connectivity index (χ0v) is 14.3. The summed E-state index contributed by atoms with van der Waals surface area (Å²) in [6.07, 6.45) is 4.32. The molecule has 0 N–H and O–H groups in total. The molecule has 2 heterocycles. The Kier molecular flexibility index (Phi) is 4.60. The average molecular weight is 345 g/mol. The number of carbonyl (C=O) groups excluding carboxylic acids is 1. The van der Waals surface area contributed by atoms with Gasteiger partial charge in [0.2, 0.25) is 5.91 Å². The minimum atomic E-state index is 0.0168. The number of hydrogen-bond acceptors (Lipinski definition) is 4. The lowest BCUT2D eigenvalue weighted by Crippen LogP contribution is -2.26. The minimum absolute atomic E-state index is 0.0168. The third kappa shape index (κ3) is 3.57. The van der Waals surface area contributed by atoms with Crippen LogP contribution in [0, 0.1) is 0 Å². The van der Waals surface area contributed by atoms with Crippen LogP contribution in [-0.4, -0.2) is 34.0 Å². The van der Waals surface area contributed by atoms with Gasteiger partial charge in [0.1, 0.15) is 0 Å². The molecule has 1 saturated heterocycles. The summed E-state index contributed by atoms with van der Waals surface area (Å²) in [6, 6.07) is 19.5. The SMILES string of the molecule is O=C(/C=C\c1ccccc1)N1CCC(c2noc(-c3ccccc3)n2)C1. The summed E-state index contributed by atoms with van der Waals surface area (Å²) >= 11 is 0. The van der Waals surface area contributed by atoms with E-state index in [1.54, 1.807) is 6.08 Å². The maximum atomic E-state index is 12.4. The first kappa shape index (κ1) is 16.3. The molecule has 130 valence electrons. The molecule has 3 aromatic rings. The lowest BCUT2D eigenvalue weighted by atomic mass is 10.1. The van der Waals surface area contributed by atoms with E-state index in [-0.39, 0.29) is 11.8 Å². The summed E-state index contributed by atoms with van der Waals surface area (Å²) in [7, 11) is 0. The second kappa shape index (κ2) is 7.35. The molecule has 1 unspecified atom stereocenters. The second-order valence-corrected chi connectivity index (χ2v) is 6.34. The van der Waals surface area contributed by atoms with Gasteiger partial charge in [0, 0.05) is 30.6 Å². The number of carbonyl (C=O) groups is 1. The summed E-state index contributed by atoms with van der Waals surface area (Å²) in [4.78, 5) is 18.7. The van der Waals surface area contributed by atoms with Gasteiger partial charge in [0.25, 0.3) is 5.89 Å². The minimum Gasteiger partial charge on any atom is -0.338 e. The van der Waals surface area contributed by atoms with Crippen molar-refractivity contribution in [1.82, 2.24) is 15.0 Å². The second-order valence-electron chi connectivity index (χ2n) is 6.34. The number of benzene rings is 2. The standard InChI is InChI=1S/C21H19N3O2/c25-19(12-11-16-7-3-1-4-8-16)24-14-13-18(15-24)20-22-21(26-23-20)17-9-5-2-6-10-17/h1-12,18H,13-15H2/b12-11-. The fraction of sp³-hybridized carbons (Fsp3) is 0.190. The highest BCUT2D eigenvalue weighted by atomic mass is 16.5. The number of aromatic nitrogens is 2. The van der Waals surface area contributed by atoms with E-state index in [4.69, 9.17) is 4.52 Å². The average Bonchev–Trinajstić information content (AvgIpc) is 3.37. The van der Waals surface area contributed by atoms with Crippen LogP contribution < -0.4 is 0 Å². The first-order valence-corrected chi connectivity index (χ1v) is 8.70. The van der Waals surface area contributed by atoms with Crippen LogP contribution in [-0.2, 0) is 4.79 Å². The van der Waals surface area contributed by atoms with Crippen molar-refractivity contribution in [3.05, 3.63) is 78.1 Å². The van der Waals surface area contributed by atoms with Gasteiger partial charge >= 0.3 is 0 Å². The first-order chi connectivity index (χ1) is 12.8. The normalized spacial score (nSPS) is 17.1. The highest BCUT2D eigenvalue weighted by Gasteiger charge is 2.29. The molecule has 1 fully saturated rings. The maximum Gasteiger partial charge on any atom is 0.257 e. The van der Waals surface area contributed by atoms with E-state index < -0.39 is 0 Å². The molecule has 26 heavy (non-hydrogen) atoms. The molecule has 0 saturated carbocycles. The smallest absolute Gasteiger partial charge is 0.257 e.